The van der Waals surface area contributed by atoms with Crippen molar-refractivity contribution in [2.45, 2.75) is 33.2 Å². The molecule has 1 aromatic heterocycles. The van der Waals surface area contributed by atoms with Gasteiger partial charge >= 0.3 is 0 Å². The number of hydrogen-bond donors (Lipinski definition) is 0. The SMILES string of the molecule is CCCCN1CCN(Cc2nonc2C)CC1=O. The second kappa shape index (κ2) is 5.95. The number of hydrogen-bond acceptors (Lipinski definition) is 5. The van der Waals surface area contributed by atoms with Crippen LogP contribution >= 0.6 is 0 Å². The van der Waals surface area contributed by atoms with Crippen molar-refractivity contribution in [3.05, 3.63) is 11.4 Å². The molecule has 2 rings (SSSR count). The van der Waals surface area contributed by atoms with Crippen LogP contribution < -0.4 is 0 Å². The molecule has 0 aromatic carbocycles. The molecule has 0 bridgehead atoms. The molecule has 6 nitrogen and oxygen atoms in total. The highest BCUT2D eigenvalue weighted by molar-refractivity contribution is 5.79. The van der Waals surface area contributed by atoms with Gasteiger partial charge in [-0.15, -0.1) is 0 Å². The van der Waals surface area contributed by atoms with Gasteiger partial charge in [0.05, 0.1) is 6.54 Å². The summed E-state index contributed by atoms with van der Waals surface area (Å²) in [4.78, 5) is 16.0. The van der Waals surface area contributed by atoms with Crippen molar-refractivity contribution in [1.82, 2.24) is 20.1 Å². The second-order valence-electron chi connectivity index (χ2n) is 4.74. The standard InChI is InChI=1S/C12H20N4O2/c1-3-4-5-16-7-6-15(9-12(16)17)8-11-10(2)13-18-14-11/h3-9H2,1-2H3. The van der Waals surface area contributed by atoms with Crippen molar-refractivity contribution in [2.24, 2.45) is 0 Å². The van der Waals surface area contributed by atoms with Gasteiger partial charge in [0.25, 0.3) is 0 Å². The summed E-state index contributed by atoms with van der Waals surface area (Å²) >= 11 is 0. The minimum absolute atomic E-state index is 0.212. The van der Waals surface area contributed by atoms with E-state index in [1.54, 1.807) is 0 Å². The molecule has 1 amide bonds. The van der Waals surface area contributed by atoms with Gasteiger partial charge in [0.15, 0.2) is 0 Å². The lowest BCUT2D eigenvalue weighted by Crippen LogP contribution is -2.50. The van der Waals surface area contributed by atoms with Crippen LogP contribution in [0.2, 0.25) is 0 Å². The Hall–Kier alpha value is -1.43. The zero-order valence-corrected chi connectivity index (χ0v) is 11.1. The maximum Gasteiger partial charge on any atom is 0.236 e. The van der Waals surface area contributed by atoms with E-state index in [-0.39, 0.29) is 5.91 Å². The van der Waals surface area contributed by atoms with Crippen LogP contribution in [0.25, 0.3) is 0 Å². The highest BCUT2D eigenvalue weighted by Crippen LogP contribution is 2.10. The van der Waals surface area contributed by atoms with E-state index in [9.17, 15) is 4.79 Å². The largest absolute Gasteiger partial charge is 0.340 e. The van der Waals surface area contributed by atoms with E-state index < -0.39 is 0 Å². The van der Waals surface area contributed by atoms with Gasteiger partial charge in [-0.25, -0.2) is 4.63 Å². The second-order valence-corrected chi connectivity index (χ2v) is 4.74. The molecule has 6 heteroatoms. The van der Waals surface area contributed by atoms with E-state index in [1.165, 1.54) is 0 Å². The molecule has 18 heavy (non-hydrogen) atoms. The smallest absolute Gasteiger partial charge is 0.236 e. The van der Waals surface area contributed by atoms with E-state index in [4.69, 9.17) is 0 Å². The van der Waals surface area contributed by atoms with Crippen LogP contribution in [0.4, 0.5) is 0 Å². The van der Waals surface area contributed by atoms with Gasteiger partial charge in [-0.2, -0.15) is 0 Å². The first-order chi connectivity index (χ1) is 8.70. The van der Waals surface area contributed by atoms with Crippen molar-refractivity contribution < 1.29 is 9.42 Å². The summed E-state index contributed by atoms with van der Waals surface area (Å²) < 4.78 is 4.67. The normalized spacial score (nSPS) is 17.4. The van der Waals surface area contributed by atoms with Crippen LogP contribution in [0, 0.1) is 6.92 Å². The molecule has 1 saturated heterocycles. The van der Waals surface area contributed by atoms with Crippen LogP contribution in [-0.2, 0) is 11.3 Å². The van der Waals surface area contributed by atoms with Gasteiger partial charge in [-0.05, 0) is 13.3 Å². The highest BCUT2D eigenvalue weighted by atomic mass is 16.6. The van der Waals surface area contributed by atoms with E-state index >= 15 is 0 Å². The van der Waals surface area contributed by atoms with Gasteiger partial charge in [0.2, 0.25) is 5.91 Å². The van der Waals surface area contributed by atoms with Gasteiger partial charge in [0, 0.05) is 26.2 Å². The predicted octanol–water partition coefficient (Wildman–Crippen LogP) is 0.822. The van der Waals surface area contributed by atoms with Gasteiger partial charge in [-0.1, -0.05) is 23.7 Å². The Labute approximate surface area is 107 Å². The molecule has 0 N–H and O–H groups in total. The number of carbonyl (C=O) groups is 1. The molecule has 1 aliphatic rings. The molecule has 0 saturated carbocycles. The molecule has 0 unspecified atom stereocenters. The number of unbranched alkanes of at least 4 members (excludes halogenated alkanes) is 1. The number of rotatable bonds is 5. The fraction of sp³-hybridized carbons (Fsp3) is 0.750. The van der Waals surface area contributed by atoms with E-state index in [0.29, 0.717) is 13.1 Å². The Morgan fingerprint density at radius 2 is 2.17 bits per heavy atom. The summed E-state index contributed by atoms with van der Waals surface area (Å²) in [5, 5.41) is 7.60. The Morgan fingerprint density at radius 3 is 2.78 bits per heavy atom. The number of nitrogens with zero attached hydrogens (tertiary/aromatic N) is 4. The number of aryl methyl sites for hydroxylation is 1. The third-order valence-corrected chi connectivity index (χ3v) is 3.30. The summed E-state index contributed by atoms with van der Waals surface area (Å²) in [6, 6.07) is 0. The van der Waals surface area contributed by atoms with Crippen molar-refractivity contribution in [1.29, 1.82) is 0 Å². The van der Waals surface area contributed by atoms with Crippen molar-refractivity contribution in [3.63, 3.8) is 0 Å². The molecule has 0 spiro atoms. The first-order valence-corrected chi connectivity index (χ1v) is 6.49. The molecular formula is C12H20N4O2. The number of carbonyl (C=O) groups excluding carboxylic acids is 1. The van der Waals surface area contributed by atoms with Crippen LogP contribution in [0.15, 0.2) is 4.63 Å². The molecular weight excluding hydrogens is 232 g/mol. The molecule has 0 radical (unpaired) electrons. The van der Waals surface area contributed by atoms with Gasteiger partial charge in [0.1, 0.15) is 11.4 Å². The summed E-state index contributed by atoms with van der Waals surface area (Å²) in [7, 11) is 0. The minimum Gasteiger partial charge on any atom is -0.340 e. The third kappa shape index (κ3) is 3.07. The number of piperazine rings is 1. The van der Waals surface area contributed by atoms with E-state index in [0.717, 1.165) is 43.9 Å². The predicted molar refractivity (Wildman–Crippen MR) is 65.8 cm³/mol. The Morgan fingerprint density at radius 1 is 1.33 bits per heavy atom. The van der Waals surface area contributed by atoms with Crippen molar-refractivity contribution in [2.75, 3.05) is 26.2 Å². The quantitative estimate of drug-likeness (QED) is 0.776. The monoisotopic (exact) mass is 252 g/mol. The van der Waals surface area contributed by atoms with Crippen LogP contribution in [0.3, 0.4) is 0 Å². The van der Waals surface area contributed by atoms with Crippen molar-refractivity contribution >= 4 is 5.91 Å². The lowest BCUT2D eigenvalue weighted by Gasteiger charge is -2.33. The molecule has 1 aromatic rings. The fourth-order valence-corrected chi connectivity index (χ4v) is 2.08. The van der Waals surface area contributed by atoms with Crippen LogP contribution in [0.5, 0.6) is 0 Å². The van der Waals surface area contributed by atoms with E-state index in [2.05, 4.69) is 26.8 Å². The first kappa shape index (κ1) is 13.0. The zero-order valence-electron chi connectivity index (χ0n) is 11.1. The summed E-state index contributed by atoms with van der Waals surface area (Å²) in [6.45, 7) is 7.70. The average molecular weight is 252 g/mol. The lowest BCUT2D eigenvalue weighted by atomic mass is 10.2. The van der Waals surface area contributed by atoms with Crippen LogP contribution in [-0.4, -0.2) is 52.2 Å². The topological polar surface area (TPSA) is 62.5 Å². The molecule has 2 heterocycles. The Bertz CT molecular complexity index is 405. The first-order valence-electron chi connectivity index (χ1n) is 6.49. The third-order valence-electron chi connectivity index (χ3n) is 3.30. The van der Waals surface area contributed by atoms with Gasteiger partial charge in [-0.3, -0.25) is 9.69 Å². The summed E-state index contributed by atoms with van der Waals surface area (Å²) in [6.07, 6.45) is 2.20. The molecule has 100 valence electrons. The highest BCUT2D eigenvalue weighted by Gasteiger charge is 2.24. The van der Waals surface area contributed by atoms with Gasteiger partial charge < -0.3 is 4.90 Å². The summed E-state index contributed by atoms with van der Waals surface area (Å²) in [5.74, 6) is 0.212. The maximum absolute atomic E-state index is 11.9. The fourth-order valence-electron chi connectivity index (χ4n) is 2.08. The molecule has 1 fully saturated rings. The zero-order chi connectivity index (χ0) is 13.0. The minimum atomic E-state index is 0.212. The number of amides is 1. The molecule has 1 aliphatic heterocycles. The summed E-state index contributed by atoms with van der Waals surface area (Å²) in [5.41, 5.74) is 1.63. The number of aromatic nitrogens is 2. The van der Waals surface area contributed by atoms with Crippen molar-refractivity contribution in [3.8, 4) is 0 Å². The Balaban J connectivity index is 1.85. The lowest BCUT2D eigenvalue weighted by molar-refractivity contribution is -0.136. The Kier molecular flexibility index (Phi) is 4.30. The molecule has 0 atom stereocenters. The molecule has 0 aliphatic carbocycles. The average Bonchev–Trinajstić information content (AvgIpc) is 2.74. The maximum atomic E-state index is 11.9. The van der Waals surface area contributed by atoms with Crippen LogP contribution in [0.1, 0.15) is 31.2 Å². The van der Waals surface area contributed by atoms with E-state index in [1.807, 2.05) is 11.8 Å².